The van der Waals surface area contributed by atoms with Gasteiger partial charge in [0, 0.05) is 11.8 Å². The lowest BCUT2D eigenvalue weighted by Gasteiger charge is -2.10. The molecule has 0 aliphatic rings. The van der Waals surface area contributed by atoms with E-state index >= 15 is 0 Å². The van der Waals surface area contributed by atoms with Crippen LogP contribution in [0.25, 0.3) is 0 Å². The highest BCUT2D eigenvalue weighted by Crippen LogP contribution is 2.21. The molecule has 0 bridgehead atoms. The van der Waals surface area contributed by atoms with Crippen molar-refractivity contribution in [2.75, 3.05) is 11.9 Å². The third-order valence-electron chi connectivity index (χ3n) is 1.99. The molecule has 1 N–H and O–H groups in total. The van der Waals surface area contributed by atoms with Crippen LogP contribution in [0.2, 0.25) is 0 Å². The predicted octanol–water partition coefficient (Wildman–Crippen LogP) is 2.96. The molecular weight excluding hydrogens is 226 g/mol. The molecule has 3 nitrogen and oxygen atoms in total. The van der Waals surface area contributed by atoms with Crippen LogP contribution in [0.3, 0.4) is 0 Å². The second kappa shape index (κ2) is 5.75. The molecule has 88 valence electrons. The van der Waals surface area contributed by atoms with E-state index in [9.17, 15) is 4.79 Å². The van der Waals surface area contributed by atoms with E-state index in [4.69, 9.17) is 16.3 Å². The average Bonchev–Trinajstić information content (AvgIpc) is 2.16. The van der Waals surface area contributed by atoms with Gasteiger partial charge in [-0.1, -0.05) is 0 Å². The lowest BCUT2D eigenvalue weighted by Crippen LogP contribution is -2.20. The Morgan fingerprint density at radius 2 is 2.19 bits per heavy atom. The van der Waals surface area contributed by atoms with Gasteiger partial charge in [-0.2, -0.15) is 0 Å². The van der Waals surface area contributed by atoms with Crippen molar-refractivity contribution in [1.82, 2.24) is 0 Å². The Bertz CT molecular complexity index is 377. The second-order valence-electron chi connectivity index (χ2n) is 3.57. The third kappa shape index (κ3) is 3.74. The molecule has 0 aromatic heterocycles. The molecule has 1 aromatic carbocycles. The predicted molar refractivity (Wildman–Crippen MR) is 66.3 cm³/mol. The summed E-state index contributed by atoms with van der Waals surface area (Å²) in [6.45, 7) is 6.10. The minimum absolute atomic E-state index is 0.213. The van der Waals surface area contributed by atoms with E-state index < -0.39 is 5.38 Å². The number of rotatable bonds is 4. The van der Waals surface area contributed by atoms with Gasteiger partial charge in [0.25, 0.3) is 0 Å². The van der Waals surface area contributed by atoms with Gasteiger partial charge in [0.15, 0.2) is 0 Å². The van der Waals surface area contributed by atoms with Crippen molar-refractivity contribution >= 4 is 23.2 Å². The van der Waals surface area contributed by atoms with Crippen molar-refractivity contribution < 1.29 is 9.53 Å². The molecule has 0 radical (unpaired) electrons. The Morgan fingerprint density at radius 1 is 1.50 bits per heavy atom. The average molecular weight is 242 g/mol. The van der Waals surface area contributed by atoms with Crippen molar-refractivity contribution in [1.29, 1.82) is 0 Å². The molecular formula is C12H16ClNO2. The lowest BCUT2D eigenvalue weighted by molar-refractivity contribution is -0.115. The first-order valence-electron chi connectivity index (χ1n) is 5.22. The van der Waals surface area contributed by atoms with Gasteiger partial charge in [-0.05, 0) is 38.5 Å². The number of benzene rings is 1. The second-order valence-corrected chi connectivity index (χ2v) is 4.23. The molecule has 0 spiro atoms. The van der Waals surface area contributed by atoms with E-state index in [2.05, 4.69) is 5.32 Å². The normalized spacial score (nSPS) is 12.0. The van der Waals surface area contributed by atoms with Crippen molar-refractivity contribution in [3.05, 3.63) is 23.8 Å². The van der Waals surface area contributed by atoms with Crippen LogP contribution in [0.5, 0.6) is 5.75 Å². The van der Waals surface area contributed by atoms with E-state index in [0.717, 1.165) is 11.3 Å². The fourth-order valence-corrected chi connectivity index (χ4v) is 1.37. The highest BCUT2D eigenvalue weighted by molar-refractivity contribution is 6.32. The number of carbonyl (C=O) groups is 1. The van der Waals surface area contributed by atoms with E-state index in [1.807, 2.05) is 26.0 Å². The Hall–Kier alpha value is -1.22. The van der Waals surface area contributed by atoms with Gasteiger partial charge in [0.1, 0.15) is 11.1 Å². The number of alkyl halides is 1. The highest BCUT2D eigenvalue weighted by atomic mass is 35.5. The molecule has 4 heteroatoms. The quantitative estimate of drug-likeness (QED) is 0.823. The SMILES string of the molecule is CCOc1cc(C)cc(NC(=O)[C@@H](C)Cl)c1. The third-order valence-corrected chi connectivity index (χ3v) is 2.19. The van der Waals surface area contributed by atoms with Gasteiger partial charge in [0.05, 0.1) is 6.61 Å². The van der Waals surface area contributed by atoms with Crippen LogP contribution in [-0.2, 0) is 4.79 Å². The monoisotopic (exact) mass is 241 g/mol. The molecule has 1 amide bonds. The maximum Gasteiger partial charge on any atom is 0.242 e. The summed E-state index contributed by atoms with van der Waals surface area (Å²) in [4.78, 5) is 11.4. The van der Waals surface area contributed by atoms with Crippen LogP contribution < -0.4 is 10.1 Å². The summed E-state index contributed by atoms with van der Waals surface area (Å²) >= 11 is 5.68. The first kappa shape index (κ1) is 12.8. The zero-order valence-corrected chi connectivity index (χ0v) is 10.5. The number of hydrogen-bond donors (Lipinski definition) is 1. The first-order chi connectivity index (χ1) is 7.52. The molecule has 0 saturated heterocycles. The largest absolute Gasteiger partial charge is 0.494 e. The number of amides is 1. The van der Waals surface area contributed by atoms with E-state index in [-0.39, 0.29) is 5.91 Å². The van der Waals surface area contributed by atoms with E-state index in [0.29, 0.717) is 12.3 Å². The lowest BCUT2D eigenvalue weighted by atomic mass is 10.2. The maximum absolute atomic E-state index is 11.4. The molecule has 0 saturated carbocycles. The van der Waals surface area contributed by atoms with Gasteiger partial charge >= 0.3 is 0 Å². The zero-order chi connectivity index (χ0) is 12.1. The topological polar surface area (TPSA) is 38.3 Å². The molecule has 16 heavy (non-hydrogen) atoms. The van der Waals surface area contributed by atoms with Gasteiger partial charge < -0.3 is 10.1 Å². The molecule has 0 heterocycles. The summed E-state index contributed by atoms with van der Waals surface area (Å²) in [5, 5.41) is 2.18. The molecule has 0 aliphatic carbocycles. The standard InChI is InChI=1S/C12H16ClNO2/c1-4-16-11-6-8(2)5-10(7-11)14-12(15)9(3)13/h5-7,9H,4H2,1-3H3,(H,14,15)/t9-/m1/s1. The number of aryl methyl sites for hydroxylation is 1. The number of ether oxygens (including phenoxy) is 1. The van der Waals surface area contributed by atoms with Crippen LogP contribution in [-0.4, -0.2) is 17.9 Å². The van der Waals surface area contributed by atoms with Crippen LogP contribution in [0.4, 0.5) is 5.69 Å². The van der Waals surface area contributed by atoms with Crippen LogP contribution in [0.1, 0.15) is 19.4 Å². The Morgan fingerprint density at radius 3 is 2.75 bits per heavy atom. The minimum Gasteiger partial charge on any atom is -0.494 e. The van der Waals surface area contributed by atoms with E-state index in [1.54, 1.807) is 13.0 Å². The number of halogens is 1. The van der Waals surface area contributed by atoms with Crippen LogP contribution in [0, 0.1) is 6.92 Å². The Balaban J connectivity index is 2.83. The van der Waals surface area contributed by atoms with Crippen molar-refractivity contribution in [2.45, 2.75) is 26.1 Å². The Labute approximate surface area is 101 Å². The smallest absolute Gasteiger partial charge is 0.242 e. The molecule has 1 aromatic rings. The number of anilines is 1. The van der Waals surface area contributed by atoms with Gasteiger partial charge in [-0.3, -0.25) is 4.79 Å². The molecule has 1 rings (SSSR count). The molecule has 1 atom stereocenters. The fraction of sp³-hybridized carbons (Fsp3) is 0.417. The summed E-state index contributed by atoms with van der Waals surface area (Å²) in [6, 6.07) is 5.58. The van der Waals surface area contributed by atoms with Gasteiger partial charge in [0.2, 0.25) is 5.91 Å². The molecule has 0 fully saturated rings. The van der Waals surface area contributed by atoms with Gasteiger partial charge in [-0.25, -0.2) is 0 Å². The Kier molecular flexibility index (Phi) is 4.62. The first-order valence-corrected chi connectivity index (χ1v) is 5.66. The highest BCUT2D eigenvalue weighted by Gasteiger charge is 2.09. The van der Waals surface area contributed by atoms with Crippen molar-refractivity contribution in [2.24, 2.45) is 0 Å². The number of carbonyl (C=O) groups excluding carboxylic acids is 1. The van der Waals surface area contributed by atoms with Crippen molar-refractivity contribution in [3.8, 4) is 5.75 Å². The van der Waals surface area contributed by atoms with Gasteiger partial charge in [-0.15, -0.1) is 11.6 Å². The van der Waals surface area contributed by atoms with Crippen LogP contribution in [0.15, 0.2) is 18.2 Å². The number of hydrogen-bond acceptors (Lipinski definition) is 2. The fourth-order valence-electron chi connectivity index (χ4n) is 1.31. The zero-order valence-electron chi connectivity index (χ0n) is 9.71. The molecule has 0 aliphatic heterocycles. The van der Waals surface area contributed by atoms with E-state index in [1.165, 1.54) is 0 Å². The summed E-state index contributed by atoms with van der Waals surface area (Å²) < 4.78 is 5.39. The van der Waals surface area contributed by atoms with Crippen LogP contribution >= 0.6 is 11.6 Å². The summed E-state index contributed by atoms with van der Waals surface area (Å²) in [5.41, 5.74) is 1.74. The summed E-state index contributed by atoms with van der Waals surface area (Å²) in [6.07, 6.45) is 0. The number of nitrogens with one attached hydrogen (secondary N) is 1. The summed E-state index contributed by atoms with van der Waals surface area (Å²) in [7, 11) is 0. The summed E-state index contributed by atoms with van der Waals surface area (Å²) in [5.74, 6) is 0.537. The van der Waals surface area contributed by atoms with Crippen molar-refractivity contribution in [3.63, 3.8) is 0 Å². The minimum atomic E-state index is -0.545. The molecule has 0 unspecified atom stereocenters. The maximum atomic E-state index is 11.4.